The average molecular weight is 261 g/mol. The molecule has 1 fully saturated rings. The molecule has 6 heteroatoms. The third-order valence-corrected chi connectivity index (χ3v) is 4.82. The Hall–Kier alpha value is -0.940. The Morgan fingerprint density at radius 3 is 2.69 bits per heavy atom. The molecule has 16 heavy (non-hydrogen) atoms. The van der Waals surface area contributed by atoms with E-state index < -0.39 is 10.0 Å². The molecular formula is C10H13ClN2O2S. The minimum Gasteiger partial charge on any atom is -0.398 e. The van der Waals surface area contributed by atoms with E-state index in [2.05, 4.69) is 0 Å². The lowest BCUT2D eigenvalue weighted by atomic mass is 10.2. The normalized spacial score (nSPS) is 19.7. The predicted molar refractivity (Wildman–Crippen MR) is 66.2 cm³/mol. The molecule has 0 unspecified atom stereocenters. The van der Waals surface area contributed by atoms with Gasteiger partial charge in [-0.15, -0.1) is 0 Å². The summed E-state index contributed by atoms with van der Waals surface area (Å²) in [5.74, 6) is 0.203. The van der Waals surface area contributed by atoms with E-state index in [-0.39, 0.29) is 5.75 Å². The highest BCUT2D eigenvalue weighted by atomic mass is 35.5. The van der Waals surface area contributed by atoms with Crippen LogP contribution in [0.3, 0.4) is 0 Å². The lowest BCUT2D eigenvalue weighted by Crippen LogP contribution is -2.37. The third kappa shape index (κ3) is 2.10. The molecule has 88 valence electrons. The van der Waals surface area contributed by atoms with Crippen molar-refractivity contribution in [1.82, 2.24) is 0 Å². The van der Waals surface area contributed by atoms with E-state index in [4.69, 9.17) is 17.3 Å². The van der Waals surface area contributed by atoms with Crippen LogP contribution >= 0.6 is 11.6 Å². The predicted octanol–water partition coefficient (Wildman–Crippen LogP) is 1.85. The van der Waals surface area contributed by atoms with Crippen LogP contribution in [0.4, 0.5) is 11.4 Å². The fraction of sp³-hybridized carbons (Fsp3) is 0.400. The lowest BCUT2D eigenvalue weighted by Gasteiger charge is -2.28. The first-order valence-corrected chi connectivity index (χ1v) is 7.05. The van der Waals surface area contributed by atoms with Gasteiger partial charge in [0.1, 0.15) is 0 Å². The minimum absolute atomic E-state index is 0.203. The number of hydrogen-bond acceptors (Lipinski definition) is 3. The SMILES string of the molecule is Nc1ccc(N2CCCCS2(=O)=O)cc1Cl. The van der Waals surface area contributed by atoms with E-state index in [1.54, 1.807) is 18.2 Å². The number of nitrogens with two attached hydrogens (primary N) is 1. The summed E-state index contributed by atoms with van der Waals surface area (Å²) in [6.07, 6.45) is 1.60. The summed E-state index contributed by atoms with van der Waals surface area (Å²) in [5.41, 5.74) is 6.64. The van der Waals surface area contributed by atoms with Gasteiger partial charge in [-0.25, -0.2) is 8.42 Å². The van der Waals surface area contributed by atoms with Gasteiger partial charge in [0.25, 0.3) is 0 Å². The van der Waals surface area contributed by atoms with Gasteiger partial charge in [-0.3, -0.25) is 4.31 Å². The lowest BCUT2D eigenvalue weighted by molar-refractivity contribution is 0.574. The van der Waals surface area contributed by atoms with Crippen LogP contribution in [0.1, 0.15) is 12.8 Å². The van der Waals surface area contributed by atoms with Gasteiger partial charge in [0.2, 0.25) is 10.0 Å². The Morgan fingerprint density at radius 2 is 2.06 bits per heavy atom. The highest BCUT2D eigenvalue weighted by molar-refractivity contribution is 7.92. The quantitative estimate of drug-likeness (QED) is 0.784. The Kier molecular flexibility index (Phi) is 2.99. The second-order valence-electron chi connectivity index (χ2n) is 3.80. The number of benzene rings is 1. The van der Waals surface area contributed by atoms with Crippen molar-refractivity contribution in [3.63, 3.8) is 0 Å². The van der Waals surface area contributed by atoms with Crippen LogP contribution in [0.25, 0.3) is 0 Å². The van der Waals surface area contributed by atoms with Gasteiger partial charge < -0.3 is 5.73 Å². The van der Waals surface area contributed by atoms with E-state index >= 15 is 0 Å². The molecule has 1 aromatic rings. The number of halogens is 1. The molecule has 0 radical (unpaired) electrons. The van der Waals surface area contributed by atoms with Crippen molar-refractivity contribution in [2.24, 2.45) is 0 Å². The fourth-order valence-electron chi connectivity index (χ4n) is 1.75. The average Bonchev–Trinajstić information content (AvgIpc) is 2.22. The smallest absolute Gasteiger partial charge is 0.235 e. The van der Waals surface area contributed by atoms with Crippen molar-refractivity contribution >= 4 is 33.0 Å². The summed E-state index contributed by atoms with van der Waals surface area (Å²) >= 11 is 5.88. The zero-order chi connectivity index (χ0) is 11.8. The van der Waals surface area contributed by atoms with E-state index in [0.29, 0.717) is 22.9 Å². The standard InChI is InChI=1S/C10H13ClN2O2S/c11-9-7-8(3-4-10(9)12)13-5-1-2-6-16(13,14)15/h3-4,7H,1-2,5-6,12H2. The van der Waals surface area contributed by atoms with Crippen molar-refractivity contribution in [3.8, 4) is 0 Å². The summed E-state index contributed by atoms with van der Waals surface area (Å²) < 4.78 is 25.1. The van der Waals surface area contributed by atoms with Crippen LogP contribution in [0, 0.1) is 0 Å². The Morgan fingerprint density at radius 1 is 1.31 bits per heavy atom. The van der Waals surface area contributed by atoms with Crippen molar-refractivity contribution in [1.29, 1.82) is 0 Å². The summed E-state index contributed by atoms with van der Waals surface area (Å²) in [4.78, 5) is 0. The highest BCUT2D eigenvalue weighted by Crippen LogP contribution is 2.29. The van der Waals surface area contributed by atoms with Crippen LogP contribution in [0.15, 0.2) is 18.2 Å². The molecule has 1 saturated heterocycles. The molecule has 0 spiro atoms. The topological polar surface area (TPSA) is 63.4 Å². The number of hydrogen-bond donors (Lipinski definition) is 1. The summed E-state index contributed by atoms with van der Waals surface area (Å²) in [7, 11) is -3.17. The molecular weight excluding hydrogens is 248 g/mol. The molecule has 1 heterocycles. The molecule has 0 saturated carbocycles. The first-order chi connectivity index (χ1) is 7.50. The zero-order valence-corrected chi connectivity index (χ0v) is 10.3. The second kappa shape index (κ2) is 4.14. The molecule has 0 aliphatic carbocycles. The largest absolute Gasteiger partial charge is 0.398 e. The molecule has 2 N–H and O–H groups in total. The third-order valence-electron chi connectivity index (χ3n) is 2.62. The number of rotatable bonds is 1. The monoisotopic (exact) mass is 260 g/mol. The summed E-state index contributed by atoms with van der Waals surface area (Å²) in [6, 6.07) is 4.91. The maximum Gasteiger partial charge on any atom is 0.235 e. The molecule has 1 aliphatic heterocycles. The first-order valence-electron chi connectivity index (χ1n) is 5.06. The van der Waals surface area contributed by atoms with E-state index in [1.165, 1.54) is 4.31 Å². The zero-order valence-electron chi connectivity index (χ0n) is 8.69. The molecule has 0 amide bonds. The molecule has 0 atom stereocenters. The van der Waals surface area contributed by atoms with Crippen molar-refractivity contribution in [2.75, 3.05) is 22.3 Å². The van der Waals surface area contributed by atoms with E-state index in [9.17, 15) is 8.42 Å². The molecule has 4 nitrogen and oxygen atoms in total. The minimum atomic E-state index is -3.17. The number of nitrogens with zero attached hydrogens (tertiary/aromatic N) is 1. The summed E-state index contributed by atoms with van der Waals surface area (Å²) in [6.45, 7) is 0.516. The van der Waals surface area contributed by atoms with Crippen LogP contribution in [0.5, 0.6) is 0 Å². The maximum atomic E-state index is 11.8. The Bertz CT molecular complexity index is 502. The van der Waals surface area contributed by atoms with Crippen molar-refractivity contribution < 1.29 is 8.42 Å². The molecule has 1 aliphatic rings. The number of nitrogen functional groups attached to an aromatic ring is 1. The number of anilines is 2. The van der Waals surface area contributed by atoms with Crippen molar-refractivity contribution in [3.05, 3.63) is 23.2 Å². The van der Waals surface area contributed by atoms with Gasteiger partial charge in [-0.2, -0.15) is 0 Å². The number of sulfonamides is 1. The van der Waals surface area contributed by atoms with E-state index in [1.807, 2.05) is 0 Å². The van der Waals surface area contributed by atoms with Crippen LogP contribution in [0.2, 0.25) is 5.02 Å². The molecule has 0 bridgehead atoms. The van der Waals surface area contributed by atoms with Crippen LogP contribution in [-0.4, -0.2) is 20.7 Å². The Balaban J connectivity index is 2.39. The van der Waals surface area contributed by atoms with Gasteiger partial charge in [-0.05, 0) is 31.0 Å². The maximum absolute atomic E-state index is 11.8. The van der Waals surface area contributed by atoms with Gasteiger partial charge in [0.15, 0.2) is 0 Å². The highest BCUT2D eigenvalue weighted by Gasteiger charge is 2.26. The second-order valence-corrected chi connectivity index (χ2v) is 6.22. The van der Waals surface area contributed by atoms with Crippen molar-refractivity contribution in [2.45, 2.75) is 12.8 Å². The Labute approximate surface area is 100 Å². The van der Waals surface area contributed by atoms with Gasteiger partial charge in [0.05, 0.1) is 22.2 Å². The van der Waals surface area contributed by atoms with Crippen LogP contribution < -0.4 is 10.0 Å². The van der Waals surface area contributed by atoms with E-state index in [0.717, 1.165) is 12.8 Å². The first kappa shape index (κ1) is 11.5. The van der Waals surface area contributed by atoms with Gasteiger partial charge in [0, 0.05) is 6.54 Å². The molecule has 2 rings (SSSR count). The van der Waals surface area contributed by atoms with Gasteiger partial charge in [-0.1, -0.05) is 11.6 Å². The molecule has 0 aromatic heterocycles. The van der Waals surface area contributed by atoms with Gasteiger partial charge >= 0.3 is 0 Å². The summed E-state index contributed by atoms with van der Waals surface area (Å²) in [5, 5.41) is 0.387. The van der Waals surface area contributed by atoms with Crippen LogP contribution in [-0.2, 0) is 10.0 Å². The molecule has 1 aromatic carbocycles. The fourth-order valence-corrected chi connectivity index (χ4v) is 3.56.